The predicted octanol–water partition coefficient (Wildman–Crippen LogP) is 3.15. The highest BCUT2D eigenvalue weighted by molar-refractivity contribution is 7.84. The summed E-state index contributed by atoms with van der Waals surface area (Å²) in [5, 5.41) is 4.88. The van der Waals surface area contributed by atoms with Crippen LogP contribution >= 0.6 is 11.6 Å². The van der Waals surface area contributed by atoms with Crippen molar-refractivity contribution in [3.63, 3.8) is 0 Å². The summed E-state index contributed by atoms with van der Waals surface area (Å²) >= 11 is 6.27. The number of halogens is 2. The van der Waals surface area contributed by atoms with Crippen molar-refractivity contribution >= 4 is 28.1 Å². The number of nitrogens with two attached hydrogens (primary N) is 1. The van der Waals surface area contributed by atoms with Crippen molar-refractivity contribution in [2.45, 2.75) is 37.5 Å². The van der Waals surface area contributed by atoms with E-state index in [-0.39, 0.29) is 10.6 Å². The quantitative estimate of drug-likeness (QED) is 0.857. The highest BCUT2D eigenvalue weighted by Gasteiger charge is 2.19. The molecule has 7 heteroatoms. The molecule has 0 amide bonds. The van der Waals surface area contributed by atoms with Crippen molar-refractivity contribution in [2.75, 3.05) is 5.73 Å². The van der Waals surface area contributed by atoms with Gasteiger partial charge in [-0.2, -0.15) is 5.10 Å². The van der Waals surface area contributed by atoms with Crippen molar-refractivity contribution in [3.8, 4) is 0 Å². The number of rotatable bonds is 5. The van der Waals surface area contributed by atoms with Gasteiger partial charge in [-0.1, -0.05) is 18.5 Å². The molecule has 0 radical (unpaired) electrons. The Labute approximate surface area is 130 Å². The Morgan fingerprint density at radius 1 is 1.43 bits per heavy atom. The van der Waals surface area contributed by atoms with Gasteiger partial charge < -0.3 is 5.73 Å². The predicted molar refractivity (Wildman–Crippen MR) is 83.2 cm³/mol. The van der Waals surface area contributed by atoms with E-state index in [1.807, 2.05) is 13.8 Å². The van der Waals surface area contributed by atoms with Gasteiger partial charge in [-0.3, -0.25) is 8.89 Å². The van der Waals surface area contributed by atoms with Gasteiger partial charge in [-0.05, 0) is 31.5 Å². The number of anilines is 1. The van der Waals surface area contributed by atoms with Crippen LogP contribution in [0.25, 0.3) is 0 Å². The molecule has 0 bridgehead atoms. The molecule has 1 aromatic carbocycles. The van der Waals surface area contributed by atoms with Crippen molar-refractivity contribution in [3.05, 3.63) is 40.4 Å². The van der Waals surface area contributed by atoms with Crippen molar-refractivity contribution in [1.82, 2.24) is 9.78 Å². The first-order valence-corrected chi connectivity index (χ1v) is 8.35. The van der Waals surface area contributed by atoms with Gasteiger partial charge in [0.1, 0.15) is 5.82 Å². The monoisotopic (exact) mass is 329 g/mol. The van der Waals surface area contributed by atoms with Gasteiger partial charge in [0.2, 0.25) is 0 Å². The summed E-state index contributed by atoms with van der Waals surface area (Å²) in [6.45, 7) is 4.50. The highest BCUT2D eigenvalue weighted by Crippen LogP contribution is 2.25. The van der Waals surface area contributed by atoms with Gasteiger partial charge in [-0.15, -0.1) is 0 Å². The van der Waals surface area contributed by atoms with Crippen molar-refractivity contribution in [1.29, 1.82) is 0 Å². The van der Waals surface area contributed by atoms with Crippen LogP contribution in [-0.2, 0) is 29.5 Å². The third kappa shape index (κ3) is 3.27. The molecule has 0 saturated heterocycles. The molecule has 2 rings (SSSR count). The number of nitrogens with zero attached hydrogens (tertiary/aromatic N) is 2. The Kier molecular flexibility index (Phi) is 5.00. The average Bonchev–Trinajstić information content (AvgIpc) is 2.75. The number of aromatic nitrogens is 2. The normalized spacial score (nSPS) is 12.6. The molecular weight excluding hydrogens is 313 g/mol. The molecule has 1 unspecified atom stereocenters. The molecule has 0 fully saturated rings. The molecule has 2 aromatic rings. The van der Waals surface area contributed by atoms with Crippen LogP contribution in [0, 0.1) is 5.82 Å². The number of nitrogen functional groups attached to an aromatic ring is 1. The summed E-state index contributed by atoms with van der Waals surface area (Å²) in [6.07, 6.45) is 0.696. The molecule has 2 N–H and O–H groups in total. The number of hydrogen-bond donors (Lipinski definition) is 1. The smallest absolute Gasteiger partial charge is 0.141 e. The van der Waals surface area contributed by atoms with Crippen LogP contribution in [0.5, 0.6) is 0 Å². The van der Waals surface area contributed by atoms with Gasteiger partial charge in [0, 0.05) is 12.2 Å². The molecule has 0 aliphatic carbocycles. The van der Waals surface area contributed by atoms with Gasteiger partial charge in [0.15, 0.2) is 0 Å². The molecule has 0 aliphatic rings. The van der Waals surface area contributed by atoms with E-state index < -0.39 is 16.6 Å². The standard InChI is InChI=1S/C14H17ClFN3OS/c1-3-11-14(15)12(19(4-2)18-11)8-21(20)13-6-5-9(17)7-10(13)16/h5-7H,3-4,8,17H2,1-2H3. The zero-order valence-corrected chi connectivity index (χ0v) is 13.5. The van der Waals surface area contributed by atoms with Crippen LogP contribution in [0.15, 0.2) is 23.1 Å². The van der Waals surface area contributed by atoms with Crippen LogP contribution in [-0.4, -0.2) is 14.0 Å². The third-order valence-corrected chi connectivity index (χ3v) is 4.96. The molecule has 114 valence electrons. The van der Waals surface area contributed by atoms with Gasteiger partial charge >= 0.3 is 0 Å². The lowest BCUT2D eigenvalue weighted by Gasteiger charge is -2.07. The summed E-state index contributed by atoms with van der Waals surface area (Å²) in [6, 6.07) is 4.15. The molecule has 1 aromatic heterocycles. The largest absolute Gasteiger partial charge is 0.399 e. The zero-order valence-electron chi connectivity index (χ0n) is 11.9. The molecule has 0 spiro atoms. The van der Waals surface area contributed by atoms with E-state index in [0.717, 1.165) is 5.69 Å². The molecule has 4 nitrogen and oxygen atoms in total. The third-order valence-electron chi connectivity index (χ3n) is 3.16. The second-order valence-electron chi connectivity index (χ2n) is 4.56. The minimum Gasteiger partial charge on any atom is -0.399 e. The summed E-state index contributed by atoms with van der Waals surface area (Å²) < 4.78 is 27.9. The SMILES string of the molecule is CCc1nn(CC)c(CS(=O)c2ccc(N)cc2F)c1Cl. The second kappa shape index (κ2) is 6.58. The van der Waals surface area contributed by atoms with Gasteiger partial charge in [-0.25, -0.2) is 4.39 Å². The molecule has 21 heavy (non-hydrogen) atoms. The maximum atomic E-state index is 13.8. The number of aryl methyl sites for hydroxylation is 2. The minimum atomic E-state index is -1.54. The van der Waals surface area contributed by atoms with Crippen molar-refractivity contribution in [2.24, 2.45) is 0 Å². The van der Waals surface area contributed by atoms with Crippen molar-refractivity contribution < 1.29 is 8.60 Å². The van der Waals surface area contributed by atoms with Crippen LogP contribution in [0.4, 0.5) is 10.1 Å². The second-order valence-corrected chi connectivity index (χ2v) is 6.35. The summed E-state index contributed by atoms with van der Waals surface area (Å²) in [4.78, 5) is 0.127. The maximum Gasteiger partial charge on any atom is 0.141 e. The molecule has 0 aliphatic heterocycles. The molecule has 1 atom stereocenters. The zero-order chi connectivity index (χ0) is 15.6. The highest BCUT2D eigenvalue weighted by atomic mass is 35.5. The van der Waals surface area contributed by atoms with Gasteiger partial charge in [0.25, 0.3) is 0 Å². The first-order valence-electron chi connectivity index (χ1n) is 6.65. The summed E-state index contributed by atoms with van der Waals surface area (Å²) in [7, 11) is -1.54. The van der Waals surface area contributed by atoms with E-state index >= 15 is 0 Å². The average molecular weight is 330 g/mol. The molecule has 1 heterocycles. The van der Waals surface area contributed by atoms with E-state index in [1.165, 1.54) is 18.2 Å². The fraction of sp³-hybridized carbons (Fsp3) is 0.357. The van der Waals surface area contributed by atoms with Crippen LogP contribution in [0.3, 0.4) is 0 Å². The van der Waals surface area contributed by atoms with E-state index in [4.69, 9.17) is 17.3 Å². The maximum absolute atomic E-state index is 13.8. The Hall–Kier alpha value is -1.40. The topological polar surface area (TPSA) is 60.9 Å². The lowest BCUT2D eigenvalue weighted by Crippen LogP contribution is -2.07. The Morgan fingerprint density at radius 3 is 2.71 bits per heavy atom. The first kappa shape index (κ1) is 16.0. The Bertz CT molecular complexity index is 687. The van der Waals surface area contributed by atoms with E-state index in [1.54, 1.807) is 4.68 Å². The minimum absolute atomic E-state index is 0.126. The molecular formula is C14H17ClFN3OS. The Balaban J connectivity index is 2.33. The lowest BCUT2D eigenvalue weighted by atomic mass is 10.3. The summed E-state index contributed by atoms with van der Waals surface area (Å²) in [5.74, 6) is -0.441. The first-order chi connectivity index (χ1) is 9.97. The number of hydrogen-bond acceptors (Lipinski definition) is 3. The van der Waals surface area contributed by atoms with Crippen LogP contribution in [0.1, 0.15) is 25.2 Å². The van der Waals surface area contributed by atoms with Gasteiger partial charge in [0.05, 0.1) is 37.9 Å². The Morgan fingerprint density at radius 2 is 2.14 bits per heavy atom. The molecule has 0 saturated carbocycles. The van der Waals surface area contributed by atoms with Crippen LogP contribution < -0.4 is 5.73 Å². The number of benzene rings is 1. The van der Waals surface area contributed by atoms with Crippen LogP contribution in [0.2, 0.25) is 5.02 Å². The summed E-state index contributed by atoms with van der Waals surface area (Å²) in [5.41, 5.74) is 7.24. The van der Waals surface area contributed by atoms with E-state index in [2.05, 4.69) is 5.10 Å². The van der Waals surface area contributed by atoms with E-state index in [9.17, 15) is 8.60 Å². The van der Waals surface area contributed by atoms with E-state index in [0.29, 0.717) is 29.4 Å². The fourth-order valence-electron chi connectivity index (χ4n) is 2.06. The lowest BCUT2D eigenvalue weighted by molar-refractivity contribution is 0.594. The fourth-order valence-corrected chi connectivity index (χ4v) is 3.67.